The topological polar surface area (TPSA) is 41.1 Å². The fourth-order valence-corrected chi connectivity index (χ4v) is 2.77. The summed E-state index contributed by atoms with van der Waals surface area (Å²) in [6, 6.07) is 0. The highest BCUT2D eigenvalue weighted by Gasteiger charge is 2.35. The van der Waals surface area contributed by atoms with Gasteiger partial charge < -0.3 is 10.2 Å². The van der Waals surface area contributed by atoms with Crippen LogP contribution in [0.5, 0.6) is 0 Å². The second-order valence-electron chi connectivity index (χ2n) is 5.28. The summed E-state index contributed by atoms with van der Waals surface area (Å²) in [6.45, 7) is 7.62. The van der Waals surface area contributed by atoms with Gasteiger partial charge in [-0.25, -0.2) is 4.98 Å². The Morgan fingerprint density at radius 2 is 2.11 bits per heavy atom. The summed E-state index contributed by atoms with van der Waals surface area (Å²) in [7, 11) is 1.93. The fourth-order valence-electron chi connectivity index (χ4n) is 2.77. The molecular weight excluding hydrogens is 224 g/mol. The minimum Gasteiger partial charge on any atom is -0.355 e. The monoisotopic (exact) mass is 248 g/mol. The molecule has 100 valence electrons. The maximum absolute atomic E-state index is 4.68. The van der Waals surface area contributed by atoms with Crippen molar-refractivity contribution in [2.75, 3.05) is 25.0 Å². The molecule has 1 fully saturated rings. The quantitative estimate of drug-likeness (QED) is 0.867. The number of anilines is 1. The van der Waals surface area contributed by atoms with Crippen LogP contribution in [-0.4, -0.2) is 30.1 Å². The van der Waals surface area contributed by atoms with Crippen molar-refractivity contribution in [2.24, 2.45) is 5.41 Å². The van der Waals surface area contributed by atoms with Crippen molar-refractivity contribution < 1.29 is 0 Å². The molecule has 1 aromatic heterocycles. The summed E-state index contributed by atoms with van der Waals surface area (Å²) in [6.07, 6.45) is 7.51. The first-order valence-electron chi connectivity index (χ1n) is 6.93. The number of hydrogen-bond acceptors (Lipinski definition) is 4. The first-order valence-corrected chi connectivity index (χ1v) is 6.93. The number of aromatic nitrogens is 2. The molecule has 0 unspecified atom stereocenters. The molecule has 4 nitrogen and oxygen atoms in total. The highest BCUT2D eigenvalue weighted by atomic mass is 15.2. The van der Waals surface area contributed by atoms with Crippen molar-refractivity contribution in [1.29, 1.82) is 0 Å². The maximum atomic E-state index is 4.68. The SMILES string of the molecule is CCC1(CC)CCN(c2cncc(CNC)n2)C1. The van der Waals surface area contributed by atoms with Gasteiger partial charge in [0.1, 0.15) is 5.82 Å². The molecule has 0 saturated carbocycles. The molecule has 0 atom stereocenters. The van der Waals surface area contributed by atoms with Crippen molar-refractivity contribution in [2.45, 2.75) is 39.7 Å². The van der Waals surface area contributed by atoms with Crippen LogP contribution in [0, 0.1) is 5.41 Å². The zero-order valence-electron chi connectivity index (χ0n) is 11.7. The number of rotatable bonds is 5. The van der Waals surface area contributed by atoms with Gasteiger partial charge in [-0.1, -0.05) is 13.8 Å². The van der Waals surface area contributed by atoms with Crippen LogP contribution < -0.4 is 10.2 Å². The Morgan fingerprint density at radius 1 is 1.33 bits per heavy atom. The van der Waals surface area contributed by atoms with E-state index in [1.54, 1.807) is 0 Å². The Labute approximate surface area is 110 Å². The molecule has 4 heteroatoms. The summed E-state index contributed by atoms with van der Waals surface area (Å²) >= 11 is 0. The number of nitrogens with one attached hydrogen (secondary N) is 1. The van der Waals surface area contributed by atoms with E-state index in [4.69, 9.17) is 0 Å². The number of hydrogen-bond donors (Lipinski definition) is 1. The standard InChI is InChI=1S/C14H24N4/c1-4-14(5-2)6-7-18(11-14)13-10-16-9-12(17-13)8-15-3/h9-10,15H,4-8,11H2,1-3H3. The normalized spacial score (nSPS) is 18.3. The highest BCUT2D eigenvalue weighted by molar-refractivity contribution is 5.38. The van der Waals surface area contributed by atoms with E-state index in [9.17, 15) is 0 Å². The summed E-state index contributed by atoms with van der Waals surface area (Å²) in [5.74, 6) is 1.03. The van der Waals surface area contributed by atoms with Gasteiger partial charge in [0.05, 0.1) is 11.9 Å². The third-order valence-electron chi connectivity index (χ3n) is 4.29. The molecule has 0 radical (unpaired) electrons. The van der Waals surface area contributed by atoms with Gasteiger partial charge >= 0.3 is 0 Å². The minimum absolute atomic E-state index is 0.487. The molecule has 0 aliphatic carbocycles. The lowest BCUT2D eigenvalue weighted by Gasteiger charge is -2.26. The predicted octanol–water partition coefficient (Wildman–Crippen LogP) is 2.21. The Bertz CT molecular complexity index is 387. The third-order valence-corrected chi connectivity index (χ3v) is 4.29. The van der Waals surface area contributed by atoms with Crippen molar-refractivity contribution >= 4 is 5.82 Å². The van der Waals surface area contributed by atoms with E-state index in [-0.39, 0.29) is 0 Å². The molecule has 0 spiro atoms. The first kappa shape index (κ1) is 13.3. The van der Waals surface area contributed by atoms with Gasteiger partial charge in [0.15, 0.2) is 0 Å². The van der Waals surface area contributed by atoms with Crippen molar-refractivity contribution in [1.82, 2.24) is 15.3 Å². The van der Waals surface area contributed by atoms with Crippen molar-refractivity contribution in [3.8, 4) is 0 Å². The Kier molecular flexibility index (Phi) is 4.17. The van der Waals surface area contributed by atoms with Crippen LogP contribution in [-0.2, 0) is 6.54 Å². The Morgan fingerprint density at radius 3 is 2.72 bits per heavy atom. The largest absolute Gasteiger partial charge is 0.355 e. The van der Waals surface area contributed by atoms with Gasteiger partial charge in [0.25, 0.3) is 0 Å². The van der Waals surface area contributed by atoms with Crippen LogP contribution in [0.2, 0.25) is 0 Å². The van der Waals surface area contributed by atoms with Gasteiger partial charge in [-0.2, -0.15) is 0 Å². The van der Waals surface area contributed by atoms with Crippen LogP contribution in [0.25, 0.3) is 0 Å². The van der Waals surface area contributed by atoms with E-state index in [1.165, 1.54) is 19.3 Å². The average molecular weight is 248 g/mol. The smallest absolute Gasteiger partial charge is 0.147 e. The van der Waals surface area contributed by atoms with Gasteiger partial charge in [-0.3, -0.25) is 4.98 Å². The molecule has 18 heavy (non-hydrogen) atoms. The summed E-state index contributed by atoms with van der Waals surface area (Å²) < 4.78 is 0. The van der Waals surface area contributed by atoms with E-state index < -0.39 is 0 Å². The lowest BCUT2D eigenvalue weighted by molar-refractivity contribution is 0.301. The molecule has 2 heterocycles. The molecule has 1 aliphatic rings. The Balaban J connectivity index is 2.11. The maximum Gasteiger partial charge on any atom is 0.147 e. The van der Waals surface area contributed by atoms with Crippen LogP contribution >= 0.6 is 0 Å². The zero-order chi connectivity index (χ0) is 13.0. The van der Waals surface area contributed by atoms with Crippen LogP contribution in [0.4, 0.5) is 5.82 Å². The summed E-state index contributed by atoms with van der Waals surface area (Å²) in [5.41, 5.74) is 1.50. The van der Waals surface area contributed by atoms with Gasteiger partial charge in [0.2, 0.25) is 0 Å². The lowest BCUT2D eigenvalue weighted by atomic mass is 9.82. The summed E-state index contributed by atoms with van der Waals surface area (Å²) in [5, 5.41) is 3.12. The molecule has 1 saturated heterocycles. The molecule has 0 bridgehead atoms. The van der Waals surface area contributed by atoms with E-state index in [0.29, 0.717) is 5.41 Å². The van der Waals surface area contributed by atoms with E-state index in [0.717, 1.165) is 31.1 Å². The fraction of sp³-hybridized carbons (Fsp3) is 0.714. The molecule has 1 N–H and O–H groups in total. The van der Waals surface area contributed by atoms with Crippen LogP contribution in [0.15, 0.2) is 12.4 Å². The van der Waals surface area contributed by atoms with Gasteiger partial charge in [-0.05, 0) is 31.7 Å². The summed E-state index contributed by atoms with van der Waals surface area (Å²) in [4.78, 5) is 11.4. The highest BCUT2D eigenvalue weighted by Crippen LogP contribution is 2.38. The Hall–Kier alpha value is -1.16. The minimum atomic E-state index is 0.487. The van der Waals surface area contributed by atoms with Crippen LogP contribution in [0.3, 0.4) is 0 Å². The van der Waals surface area contributed by atoms with E-state index in [2.05, 4.69) is 34.0 Å². The van der Waals surface area contributed by atoms with E-state index >= 15 is 0 Å². The molecule has 0 aromatic carbocycles. The zero-order valence-corrected chi connectivity index (χ0v) is 11.7. The van der Waals surface area contributed by atoms with E-state index in [1.807, 2.05) is 19.4 Å². The first-order chi connectivity index (χ1) is 8.73. The third kappa shape index (κ3) is 2.64. The molecule has 1 aliphatic heterocycles. The van der Waals surface area contributed by atoms with Crippen molar-refractivity contribution in [3.05, 3.63) is 18.1 Å². The second kappa shape index (κ2) is 5.65. The van der Waals surface area contributed by atoms with Crippen LogP contribution in [0.1, 0.15) is 38.8 Å². The van der Waals surface area contributed by atoms with Gasteiger partial charge in [0, 0.05) is 25.8 Å². The second-order valence-corrected chi connectivity index (χ2v) is 5.28. The molecule has 2 rings (SSSR count). The average Bonchev–Trinajstić information content (AvgIpc) is 2.85. The van der Waals surface area contributed by atoms with Crippen molar-refractivity contribution in [3.63, 3.8) is 0 Å². The number of nitrogens with zero attached hydrogens (tertiary/aromatic N) is 3. The molecule has 0 amide bonds. The molecule has 1 aromatic rings. The predicted molar refractivity (Wildman–Crippen MR) is 74.6 cm³/mol. The van der Waals surface area contributed by atoms with Gasteiger partial charge in [-0.15, -0.1) is 0 Å². The lowest BCUT2D eigenvalue weighted by Crippen LogP contribution is -2.27. The molecular formula is C14H24N4.